The molecule has 2 heterocycles. The Balaban J connectivity index is 1.27. The van der Waals surface area contributed by atoms with E-state index < -0.39 is 0 Å². The van der Waals surface area contributed by atoms with Gasteiger partial charge in [-0.25, -0.2) is 4.79 Å². The van der Waals surface area contributed by atoms with Crippen molar-refractivity contribution in [2.75, 3.05) is 39.2 Å². The minimum absolute atomic E-state index is 0.0984. The number of amides is 3. The number of aromatic nitrogens is 2. The van der Waals surface area contributed by atoms with Crippen LogP contribution in [0.1, 0.15) is 29.0 Å². The van der Waals surface area contributed by atoms with Crippen molar-refractivity contribution in [3.63, 3.8) is 0 Å². The Morgan fingerprint density at radius 3 is 2.71 bits per heavy atom. The van der Waals surface area contributed by atoms with Crippen LogP contribution in [0.3, 0.4) is 0 Å². The summed E-state index contributed by atoms with van der Waals surface area (Å²) in [5, 5.41) is 9.74. The van der Waals surface area contributed by atoms with E-state index in [0.717, 1.165) is 19.4 Å². The highest BCUT2D eigenvalue weighted by Gasteiger charge is 2.17. The molecule has 1 saturated heterocycles. The van der Waals surface area contributed by atoms with Gasteiger partial charge >= 0.3 is 6.03 Å². The number of para-hydroxylation sites is 2. The van der Waals surface area contributed by atoms with E-state index in [2.05, 4.69) is 20.8 Å². The summed E-state index contributed by atoms with van der Waals surface area (Å²) in [6, 6.07) is 13.9. The van der Waals surface area contributed by atoms with Crippen LogP contribution in [-0.4, -0.2) is 66.9 Å². The van der Waals surface area contributed by atoms with Gasteiger partial charge in [0.2, 0.25) is 0 Å². The number of nitrogens with zero attached hydrogens (tertiary/aromatic N) is 3. The van der Waals surface area contributed by atoms with Crippen molar-refractivity contribution in [3.05, 3.63) is 59.9 Å². The van der Waals surface area contributed by atoms with E-state index in [1.54, 1.807) is 50.6 Å². The number of ether oxygens (including phenoxy) is 2. The number of carbonyl (C=O) groups excluding carboxylic acids is 2. The van der Waals surface area contributed by atoms with E-state index in [4.69, 9.17) is 14.0 Å². The molecular formula is C25H29N5O5. The molecule has 1 fully saturated rings. The maximum atomic E-state index is 12.5. The molecule has 0 spiro atoms. The van der Waals surface area contributed by atoms with Gasteiger partial charge in [0, 0.05) is 44.3 Å². The van der Waals surface area contributed by atoms with E-state index in [0.29, 0.717) is 53.8 Å². The van der Waals surface area contributed by atoms with Crippen LogP contribution in [0.4, 0.5) is 10.5 Å². The van der Waals surface area contributed by atoms with Crippen LogP contribution in [0.5, 0.6) is 5.75 Å². The monoisotopic (exact) mass is 479 g/mol. The van der Waals surface area contributed by atoms with Crippen LogP contribution >= 0.6 is 0 Å². The van der Waals surface area contributed by atoms with Gasteiger partial charge in [-0.1, -0.05) is 17.3 Å². The van der Waals surface area contributed by atoms with Gasteiger partial charge in [0.05, 0.1) is 18.9 Å². The minimum Gasteiger partial charge on any atom is -0.495 e. The van der Waals surface area contributed by atoms with Gasteiger partial charge in [0.1, 0.15) is 5.75 Å². The van der Waals surface area contributed by atoms with Gasteiger partial charge in [0.15, 0.2) is 5.82 Å². The lowest BCUT2D eigenvalue weighted by molar-refractivity contribution is 0.0858. The zero-order valence-corrected chi connectivity index (χ0v) is 19.8. The summed E-state index contributed by atoms with van der Waals surface area (Å²) in [6.45, 7) is 1.66. The van der Waals surface area contributed by atoms with Crippen molar-refractivity contribution in [3.8, 4) is 17.2 Å². The number of methoxy groups -OCH3 is 1. The predicted molar refractivity (Wildman–Crippen MR) is 129 cm³/mol. The fraction of sp³-hybridized carbons (Fsp3) is 0.360. The van der Waals surface area contributed by atoms with E-state index in [1.807, 2.05) is 12.1 Å². The molecule has 10 nitrogen and oxygen atoms in total. The van der Waals surface area contributed by atoms with Crippen molar-refractivity contribution in [2.24, 2.45) is 0 Å². The first kappa shape index (κ1) is 24.2. The lowest BCUT2D eigenvalue weighted by Crippen LogP contribution is -2.33. The average molecular weight is 480 g/mol. The third-order valence-corrected chi connectivity index (χ3v) is 5.74. The summed E-state index contributed by atoms with van der Waals surface area (Å²) in [5.41, 5.74) is 1.86. The lowest BCUT2D eigenvalue weighted by atomic mass is 10.1. The van der Waals surface area contributed by atoms with Crippen molar-refractivity contribution < 1.29 is 23.6 Å². The zero-order valence-electron chi connectivity index (χ0n) is 19.8. The molecule has 0 radical (unpaired) electrons. The molecule has 2 aromatic carbocycles. The Bertz CT molecular complexity index is 1140. The first-order valence-electron chi connectivity index (χ1n) is 11.5. The third kappa shape index (κ3) is 6.36. The van der Waals surface area contributed by atoms with Crippen molar-refractivity contribution in [1.29, 1.82) is 0 Å². The van der Waals surface area contributed by atoms with Crippen LogP contribution < -0.4 is 15.4 Å². The third-order valence-electron chi connectivity index (χ3n) is 5.74. The summed E-state index contributed by atoms with van der Waals surface area (Å²) in [4.78, 5) is 30.8. The molecule has 4 rings (SSSR count). The zero-order chi connectivity index (χ0) is 24.6. The first-order valence-corrected chi connectivity index (χ1v) is 11.5. The van der Waals surface area contributed by atoms with E-state index in [9.17, 15) is 9.59 Å². The molecule has 3 amide bonds. The lowest BCUT2D eigenvalue weighted by Gasteiger charge is -2.18. The minimum atomic E-state index is -0.272. The summed E-state index contributed by atoms with van der Waals surface area (Å²) in [5.74, 6) is 1.28. The van der Waals surface area contributed by atoms with Gasteiger partial charge < -0.3 is 29.5 Å². The van der Waals surface area contributed by atoms with Crippen LogP contribution in [-0.2, 0) is 11.2 Å². The molecule has 1 atom stereocenters. The number of nitrogens with one attached hydrogen (secondary N) is 2. The van der Waals surface area contributed by atoms with Gasteiger partial charge in [-0.05, 0) is 49.2 Å². The van der Waals surface area contributed by atoms with Gasteiger partial charge in [-0.3, -0.25) is 4.79 Å². The summed E-state index contributed by atoms with van der Waals surface area (Å²) in [7, 11) is 3.24. The Morgan fingerprint density at radius 2 is 1.97 bits per heavy atom. The topological polar surface area (TPSA) is 119 Å². The number of likely N-dealkylation sites (N-methyl/N-ethyl adjacent to an activating group) is 1. The highest BCUT2D eigenvalue weighted by molar-refractivity contribution is 5.94. The van der Waals surface area contributed by atoms with E-state index in [1.165, 1.54) is 4.90 Å². The molecule has 1 unspecified atom stereocenters. The second kappa shape index (κ2) is 11.5. The molecular weight excluding hydrogens is 450 g/mol. The summed E-state index contributed by atoms with van der Waals surface area (Å²) < 4.78 is 16.2. The largest absolute Gasteiger partial charge is 0.495 e. The Kier molecular flexibility index (Phi) is 7.94. The fourth-order valence-corrected chi connectivity index (χ4v) is 3.68. The maximum Gasteiger partial charge on any atom is 0.321 e. The van der Waals surface area contributed by atoms with Crippen molar-refractivity contribution in [1.82, 2.24) is 20.4 Å². The highest BCUT2D eigenvalue weighted by atomic mass is 16.5. The average Bonchev–Trinajstić information content (AvgIpc) is 3.58. The number of hydrogen-bond donors (Lipinski definition) is 2. The normalized spacial score (nSPS) is 15.0. The molecule has 0 aliphatic carbocycles. The second-order valence-corrected chi connectivity index (χ2v) is 8.24. The molecule has 1 aromatic heterocycles. The van der Waals surface area contributed by atoms with Crippen molar-refractivity contribution >= 4 is 17.6 Å². The van der Waals surface area contributed by atoms with Gasteiger partial charge in [-0.15, -0.1) is 0 Å². The first-order chi connectivity index (χ1) is 17.0. The fourth-order valence-electron chi connectivity index (χ4n) is 3.68. The molecule has 184 valence electrons. The summed E-state index contributed by atoms with van der Waals surface area (Å²) >= 11 is 0. The number of carbonyl (C=O) groups is 2. The predicted octanol–water partition coefficient (Wildman–Crippen LogP) is 3.36. The second-order valence-electron chi connectivity index (χ2n) is 8.24. The Morgan fingerprint density at radius 1 is 1.17 bits per heavy atom. The number of rotatable bonds is 9. The molecule has 0 saturated carbocycles. The van der Waals surface area contributed by atoms with E-state index >= 15 is 0 Å². The standard InChI is InChI=1S/C25H29N5O5/c1-30(25(32)27-20-7-3-4-8-21(20)33-2)14-13-22-28-24(35-29-22)18-11-9-17(10-12-18)23(31)26-16-19-6-5-15-34-19/h3-4,7-12,19H,5-6,13-16H2,1-2H3,(H,26,31)(H,27,32). The molecule has 1 aliphatic heterocycles. The molecule has 10 heteroatoms. The highest BCUT2D eigenvalue weighted by Crippen LogP contribution is 2.23. The number of hydrogen-bond acceptors (Lipinski definition) is 7. The number of benzene rings is 2. The van der Waals surface area contributed by atoms with Crippen LogP contribution in [0.15, 0.2) is 53.1 Å². The van der Waals surface area contributed by atoms with Crippen LogP contribution in [0, 0.1) is 0 Å². The smallest absolute Gasteiger partial charge is 0.321 e. The van der Waals surface area contributed by atoms with E-state index in [-0.39, 0.29) is 18.0 Å². The SMILES string of the molecule is COc1ccccc1NC(=O)N(C)CCc1noc(-c2ccc(C(=O)NCC3CCCO3)cc2)n1. The maximum absolute atomic E-state index is 12.5. The van der Waals surface area contributed by atoms with Crippen LogP contribution in [0.25, 0.3) is 11.5 Å². The molecule has 3 aromatic rings. The quantitative estimate of drug-likeness (QED) is 0.483. The number of urea groups is 1. The Hall–Kier alpha value is -3.92. The molecule has 0 bridgehead atoms. The Labute approximate surface area is 203 Å². The molecule has 1 aliphatic rings. The van der Waals surface area contributed by atoms with Crippen molar-refractivity contribution in [2.45, 2.75) is 25.4 Å². The molecule has 2 N–H and O–H groups in total. The van der Waals surface area contributed by atoms with Crippen LogP contribution in [0.2, 0.25) is 0 Å². The van der Waals surface area contributed by atoms with Gasteiger partial charge in [-0.2, -0.15) is 4.98 Å². The number of anilines is 1. The van der Waals surface area contributed by atoms with Gasteiger partial charge in [0.25, 0.3) is 11.8 Å². The molecule has 35 heavy (non-hydrogen) atoms. The summed E-state index contributed by atoms with van der Waals surface area (Å²) in [6.07, 6.45) is 2.53.